The Morgan fingerprint density at radius 3 is 2.52 bits per heavy atom. The number of rotatable bonds is 9. The summed E-state index contributed by atoms with van der Waals surface area (Å²) in [6.45, 7) is 7.03. The molecule has 0 bridgehead atoms. The molecule has 0 unspecified atom stereocenters. The molecule has 1 amide bonds. The maximum atomic E-state index is 13.1. The van der Waals surface area contributed by atoms with E-state index in [4.69, 9.17) is 4.74 Å². The second-order valence-corrected chi connectivity index (χ2v) is 9.19. The maximum absolute atomic E-state index is 13.1. The minimum atomic E-state index is -0.670. The van der Waals surface area contributed by atoms with Crippen molar-refractivity contribution in [1.29, 1.82) is 0 Å². The van der Waals surface area contributed by atoms with Gasteiger partial charge in [-0.1, -0.05) is 40.7 Å². The van der Waals surface area contributed by atoms with E-state index in [1.807, 2.05) is 50.2 Å². The lowest BCUT2D eigenvalue weighted by Crippen LogP contribution is -2.32. The van der Waals surface area contributed by atoms with Crippen LogP contribution >= 0.6 is 15.9 Å². The molecule has 1 aliphatic heterocycles. The fourth-order valence-electron chi connectivity index (χ4n) is 3.95. The number of hydrogen-bond acceptors (Lipinski definition) is 5. The second-order valence-electron chi connectivity index (χ2n) is 8.28. The van der Waals surface area contributed by atoms with Crippen LogP contribution in [-0.4, -0.2) is 60.4 Å². The largest absolute Gasteiger partial charge is 0.507 e. The number of carbonyl (C=O) groups excluding carboxylic acids is 2. The third-order valence-electron chi connectivity index (χ3n) is 5.55. The molecule has 2 aromatic rings. The molecule has 0 spiro atoms. The molecule has 7 heteroatoms. The molecule has 6 nitrogen and oxygen atoms in total. The Hall–Kier alpha value is -2.90. The molecule has 1 aliphatic rings. The Morgan fingerprint density at radius 2 is 1.91 bits per heavy atom. The quantitative estimate of drug-likeness (QED) is 0.228. The minimum Gasteiger partial charge on any atom is -0.507 e. The van der Waals surface area contributed by atoms with Gasteiger partial charge in [0.05, 0.1) is 11.6 Å². The number of aliphatic hydroxyl groups excluding tert-OH is 1. The zero-order valence-corrected chi connectivity index (χ0v) is 20.8. The molecule has 1 fully saturated rings. The molecule has 0 aliphatic carbocycles. The highest BCUT2D eigenvalue weighted by Gasteiger charge is 2.45. The SMILES string of the molecule is C=CCOc1ccc(C(O)=C2C(=O)C(=O)N(CCCN(C)C)[C@@H]2c2ccc(Br)cc2)c(C)c1. The van der Waals surface area contributed by atoms with Gasteiger partial charge in [0.2, 0.25) is 0 Å². The third-order valence-corrected chi connectivity index (χ3v) is 6.08. The number of Topliss-reactive ketones (excluding diaryl/α,β-unsaturated/α-hetero) is 1. The number of halogens is 1. The van der Waals surface area contributed by atoms with E-state index in [9.17, 15) is 14.7 Å². The monoisotopic (exact) mass is 512 g/mol. The van der Waals surface area contributed by atoms with E-state index in [1.54, 1.807) is 29.2 Å². The van der Waals surface area contributed by atoms with Gasteiger partial charge in [-0.25, -0.2) is 0 Å². The second kappa shape index (κ2) is 10.8. The molecule has 1 N–H and O–H groups in total. The van der Waals surface area contributed by atoms with Gasteiger partial charge in [0.1, 0.15) is 18.1 Å². The molecule has 0 saturated carbocycles. The van der Waals surface area contributed by atoms with E-state index < -0.39 is 17.7 Å². The van der Waals surface area contributed by atoms with Gasteiger partial charge in [-0.3, -0.25) is 9.59 Å². The predicted octanol–water partition coefficient (Wildman–Crippen LogP) is 4.70. The Labute approximate surface area is 203 Å². The van der Waals surface area contributed by atoms with Crippen LogP contribution in [0.15, 0.2) is 65.2 Å². The lowest BCUT2D eigenvalue weighted by atomic mass is 9.94. The standard InChI is InChI=1S/C26H29BrN2O4/c1-5-15-33-20-11-12-21(17(2)16-20)24(30)22-23(18-7-9-19(27)10-8-18)29(26(32)25(22)31)14-6-13-28(3)4/h5,7-12,16,23,30H,1,6,13-15H2,2-4H3/t23-/m1/s1. The van der Waals surface area contributed by atoms with Crippen LogP contribution in [0.2, 0.25) is 0 Å². The van der Waals surface area contributed by atoms with Crippen molar-refractivity contribution in [3.63, 3.8) is 0 Å². The number of ketones is 1. The molecule has 174 valence electrons. The minimum absolute atomic E-state index is 0.107. The van der Waals surface area contributed by atoms with E-state index in [2.05, 4.69) is 22.5 Å². The first-order valence-electron chi connectivity index (χ1n) is 10.8. The molecule has 1 heterocycles. The molecule has 0 radical (unpaired) electrons. The highest BCUT2D eigenvalue weighted by molar-refractivity contribution is 9.10. The molecular weight excluding hydrogens is 484 g/mol. The zero-order valence-electron chi connectivity index (χ0n) is 19.2. The fraction of sp³-hybridized carbons (Fsp3) is 0.308. The smallest absolute Gasteiger partial charge is 0.295 e. The number of benzene rings is 2. The summed E-state index contributed by atoms with van der Waals surface area (Å²) in [5, 5.41) is 11.3. The summed E-state index contributed by atoms with van der Waals surface area (Å²) in [4.78, 5) is 29.7. The van der Waals surface area contributed by atoms with E-state index >= 15 is 0 Å². The van der Waals surface area contributed by atoms with Gasteiger partial charge >= 0.3 is 0 Å². The van der Waals surface area contributed by atoms with E-state index in [0.717, 1.165) is 22.1 Å². The van der Waals surface area contributed by atoms with Gasteiger partial charge in [-0.2, -0.15) is 0 Å². The van der Waals surface area contributed by atoms with Crippen LogP contribution in [0, 0.1) is 6.92 Å². The van der Waals surface area contributed by atoms with Crippen LogP contribution in [0.4, 0.5) is 0 Å². The Balaban J connectivity index is 2.07. The lowest BCUT2D eigenvalue weighted by molar-refractivity contribution is -0.139. The third kappa shape index (κ3) is 5.54. The van der Waals surface area contributed by atoms with Crippen LogP contribution in [0.5, 0.6) is 5.75 Å². The van der Waals surface area contributed by atoms with Crippen molar-refractivity contribution in [2.24, 2.45) is 0 Å². The van der Waals surface area contributed by atoms with Gasteiger partial charge in [0.25, 0.3) is 11.7 Å². The van der Waals surface area contributed by atoms with Crippen molar-refractivity contribution in [3.05, 3.63) is 81.9 Å². The number of nitrogens with zero attached hydrogens (tertiary/aromatic N) is 2. The van der Waals surface area contributed by atoms with Crippen molar-refractivity contribution in [3.8, 4) is 5.75 Å². The van der Waals surface area contributed by atoms with Crippen molar-refractivity contribution in [2.45, 2.75) is 19.4 Å². The van der Waals surface area contributed by atoms with Crippen molar-refractivity contribution in [2.75, 3.05) is 33.8 Å². The Bertz CT molecular complexity index is 1080. The lowest BCUT2D eigenvalue weighted by Gasteiger charge is -2.26. The molecule has 3 rings (SSSR count). The number of carbonyl (C=O) groups is 2. The summed E-state index contributed by atoms with van der Waals surface area (Å²) in [7, 11) is 3.93. The first-order valence-corrected chi connectivity index (χ1v) is 11.6. The van der Waals surface area contributed by atoms with Crippen LogP contribution < -0.4 is 4.74 Å². The average molecular weight is 513 g/mol. The number of amides is 1. The van der Waals surface area contributed by atoms with Crippen LogP contribution in [-0.2, 0) is 9.59 Å². The average Bonchev–Trinajstić information content (AvgIpc) is 3.02. The predicted molar refractivity (Wildman–Crippen MR) is 133 cm³/mol. The molecular formula is C26H29BrN2O4. The van der Waals surface area contributed by atoms with Gasteiger partial charge in [0, 0.05) is 16.6 Å². The number of aryl methyl sites for hydroxylation is 1. The Kier molecular flexibility index (Phi) is 8.10. The summed E-state index contributed by atoms with van der Waals surface area (Å²) in [5.74, 6) is -0.801. The highest BCUT2D eigenvalue weighted by Crippen LogP contribution is 2.40. The number of ether oxygens (including phenoxy) is 1. The summed E-state index contributed by atoms with van der Waals surface area (Å²) in [6.07, 6.45) is 2.36. The number of likely N-dealkylation sites (tertiary alicyclic amines) is 1. The Morgan fingerprint density at radius 1 is 1.21 bits per heavy atom. The highest BCUT2D eigenvalue weighted by atomic mass is 79.9. The topological polar surface area (TPSA) is 70.1 Å². The first kappa shape index (κ1) is 24.7. The number of aliphatic hydroxyl groups is 1. The molecule has 1 saturated heterocycles. The van der Waals surface area contributed by atoms with E-state index in [-0.39, 0.29) is 11.3 Å². The van der Waals surface area contributed by atoms with E-state index in [0.29, 0.717) is 30.9 Å². The van der Waals surface area contributed by atoms with E-state index in [1.165, 1.54) is 0 Å². The van der Waals surface area contributed by atoms with Crippen molar-refractivity contribution in [1.82, 2.24) is 9.80 Å². The summed E-state index contributed by atoms with van der Waals surface area (Å²) >= 11 is 3.43. The summed E-state index contributed by atoms with van der Waals surface area (Å²) in [6, 6.07) is 12.0. The van der Waals surface area contributed by atoms with Gasteiger partial charge in [0.15, 0.2) is 0 Å². The van der Waals surface area contributed by atoms with Gasteiger partial charge in [-0.05, 0) is 75.4 Å². The molecule has 0 aromatic heterocycles. The summed E-state index contributed by atoms with van der Waals surface area (Å²) < 4.78 is 6.45. The van der Waals surface area contributed by atoms with Crippen LogP contribution in [0.3, 0.4) is 0 Å². The number of hydrogen-bond donors (Lipinski definition) is 1. The van der Waals surface area contributed by atoms with Crippen molar-refractivity contribution >= 4 is 33.4 Å². The van der Waals surface area contributed by atoms with Gasteiger partial charge < -0.3 is 19.6 Å². The normalized spacial score (nSPS) is 17.6. The fourth-order valence-corrected chi connectivity index (χ4v) is 4.22. The molecule has 2 aromatic carbocycles. The summed E-state index contributed by atoms with van der Waals surface area (Å²) in [5.41, 5.74) is 2.11. The first-order chi connectivity index (χ1) is 15.7. The van der Waals surface area contributed by atoms with Crippen LogP contribution in [0.1, 0.15) is 29.2 Å². The maximum Gasteiger partial charge on any atom is 0.295 e. The van der Waals surface area contributed by atoms with Gasteiger partial charge in [-0.15, -0.1) is 0 Å². The molecule has 33 heavy (non-hydrogen) atoms. The van der Waals surface area contributed by atoms with Crippen molar-refractivity contribution < 1.29 is 19.4 Å². The zero-order chi connectivity index (χ0) is 24.1. The molecule has 1 atom stereocenters. The van der Waals surface area contributed by atoms with Crippen LogP contribution in [0.25, 0.3) is 5.76 Å².